The third-order valence-electron chi connectivity index (χ3n) is 2.94. The molecule has 0 bridgehead atoms. The van der Waals surface area contributed by atoms with Gasteiger partial charge in [0.05, 0.1) is 12.2 Å². The molecule has 7 heteroatoms. The summed E-state index contributed by atoms with van der Waals surface area (Å²) in [4.78, 5) is 27.1. The Balaban J connectivity index is 2.63. The van der Waals surface area contributed by atoms with Gasteiger partial charge < -0.3 is 20.5 Å². The minimum atomic E-state index is -0.920. The second-order valence-corrected chi connectivity index (χ2v) is 5.35. The second kappa shape index (κ2) is 8.99. The van der Waals surface area contributed by atoms with Crippen molar-refractivity contribution in [1.82, 2.24) is 10.3 Å². The third-order valence-corrected chi connectivity index (χ3v) is 2.94. The summed E-state index contributed by atoms with van der Waals surface area (Å²) in [7, 11) is 1.56. The van der Waals surface area contributed by atoms with E-state index in [2.05, 4.69) is 15.6 Å². The molecular formula is C15H23N3O4. The monoisotopic (exact) mass is 309 g/mol. The number of methoxy groups -OCH3 is 1. The van der Waals surface area contributed by atoms with Gasteiger partial charge in [0.1, 0.15) is 11.9 Å². The molecule has 1 atom stereocenters. The van der Waals surface area contributed by atoms with E-state index in [1.807, 2.05) is 13.8 Å². The molecule has 0 saturated carbocycles. The minimum absolute atomic E-state index is 0.243. The summed E-state index contributed by atoms with van der Waals surface area (Å²) in [5.41, 5.74) is 0.414. The third kappa shape index (κ3) is 6.09. The van der Waals surface area contributed by atoms with Crippen LogP contribution in [-0.4, -0.2) is 48.3 Å². The van der Waals surface area contributed by atoms with E-state index in [0.29, 0.717) is 31.0 Å². The van der Waals surface area contributed by atoms with Gasteiger partial charge >= 0.3 is 5.97 Å². The van der Waals surface area contributed by atoms with Gasteiger partial charge in [-0.3, -0.25) is 4.79 Å². The van der Waals surface area contributed by atoms with Gasteiger partial charge in [-0.15, -0.1) is 0 Å². The molecule has 0 saturated heterocycles. The molecule has 3 N–H and O–H groups in total. The fraction of sp³-hybridized carbons (Fsp3) is 0.533. The molecule has 7 nitrogen and oxygen atoms in total. The molecule has 0 aliphatic rings. The molecule has 0 unspecified atom stereocenters. The Morgan fingerprint density at radius 1 is 1.36 bits per heavy atom. The van der Waals surface area contributed by atoms with Crippen molar-refractivity contribution in [2.45, 2.75) is 26.3 Å². The lowest BCUT2D eigenvalue weighted by molar-refractivity contribution is -0.138. The number of carboxylic acids is 1. The van der Waals surface area contributed by atoms with Crippen molar-refractivity contribution >= 4 is 17.7 Å². The summed E-state index contributed by atoms with van der Waals surface area (Å²) >= 11 is 0. The first-order chi connectivity index (χ1) is 10.4. The van der Waals surface area contributed by atoms with Gasteiger partial charge in [0.25, 0.3) is 5.91 Å². The highest BCUT2D eigenvalue weighted by atomic mass is 16.5. The van der Waals surface area contributed by atoms with E-state index in [1.165, 1.54) is 6.20 Å². The van der Waals surface area contributed by atoms with Crippen LogP contribution in [-0.2, 0) is 9.53 Å². The number of hydrogen-bond acceptors (Lipinski definition) is 5. The van der Waals surface area contributed by atoms with Gasteiger partial charge in [-0.05, 0) is 24.5 Å². The van der Waals surface area contributed by atoms with Gasteiger partial charge in [-0.2, -0.15) is 0 Å². The topological polar surface area (TPSA) is 101 Å². The second-order valence-electron chi connectivity index (χ2n) is 5.35. The van der Waals surface area contributed by atoms with E-state index >= 15 is 0 Å². The summed E-state index contributed by atoms with van der Waals surface area (Å²) in [6.07, 6.45) is 1.91. The van der Waals surface area contributed by atoms with Crippen LogP contribution in [0.25, 0.3) is 0 Å². The Hall–Kier alpha value is -2.15. The quantitative estimate of drug-likeness (QED) is 0.596. The number of carbonyl (C=O) groups is 2. The Bertz CT molecular complexity index is 488. The summed E-state index contributed by atoms with van der Waals surface area (Å²) in [6.45, 7) is 4.77. The highest BCUT2D eigenvalue weighted by Crippen LogP contribution is 2.12. The number of amides is 1. The summed E-state index contributed by atoms with van der Waals surface area (Å²) in [6, 6.07) is 2.50. The smallest absolute Gasteiger partial charge is 0.326 e. The number of ether oxygens (including phenoxy) is 1. The van der Waals surface area contributed by atoms with Crippen molar-refractivity contribution in [2.75, 3.05) is 25.6 Å². The van der Waals surface area contributed by atoms with E-state index in [9.17, 15) is 14.7 Å². The molecule has 1 heterocycles. The first kappa shape index (κ1) is 17.9. The maximum Gasteiger partial charge on any atom is 0.326 e. The lowest BCUT2D eigenvalue weighted by Crippen LogP contribution is -2.31. The maximum atomic E-state index is 11.8. The molecular weight excluding hydrogens is 286 g/mol. The lowest BCUT2D eigenvalue weighted by Gasteiger charge is -2.17. The molecule has 0 radical (unpaired) electrons. The SMILES string of the molecule is COCCNC(=O)c1ccc(N[C@@H](CC(C)C)C(=O)O)nc1. The number of aliphatic carboxylic acids is 1. The first-order valence-corrected chi connectivity index (χ1v) is 7.16. The average molecular weight is 309 g/mol. The van der Waals surface area contributed by atoms with Crippen molar-refractivity contribution in [3.63, 3.8) is 0 Å². The first-order valence-electron chi connectivity index (χ1n) is 7.16. The molecule has 0 aliphatic heterocycles. The standard InChI is InChI=1S/C15H23N3O4/c1-10(2)8-12(15(20)21)18-13-5-4-11(9-17-13)14(19)16-6-7-22-3/h4-5,9-10,12H,6-8H2,1-3H3,(H,16,19)(H,17,18)(H,20,21)/t12-/m0/s1. The van der Waals surface area contributed by atoms with Crippen LogP contribution in [0, 0.1) is 5.92 Å². The summed E-state index contributed by atoms with van der Waals surface area (Å²) in [5.74, 6) is -0.481. The molecule has 122 valence electrons. The van der Waals surface area contributed by atoms with Gasteiger partial charge in [0, 0.05) is 19.9 Å². The highest BCUT2D eigenvalue weighted by Gasteiger charge is 2.19. The van der Waals surface area contributed by atoms with Crippen LogP contribution in [0.2, 0.25) is 0 Å². The zero-order valence-corrected chi connectivity index (χ0v) is 13.1. The Morgan fingerprint density at radius 3 is 2.59 bits per heavy atom. The number of carboxylic acid groups (broad SMARTS) is 1. The van der Waals surface area contributed by atoms with Crippen molar-refractivity contribution in [3.8, 4) is 0 Å². The van der Waals surface area contributed by atoms with E-state index in [0.717, 1.165) is 0 Å². The van der Waals surface area contributed by atoms with Gasteiger partial charge in [-0.1, -0.05) is 13.8 Å². The van der Waals surface area contributed by atoms with Crippen molar-refractivity contribution in [2.24, 2.45) is 5.92 Å². The molecule has 0 aliphatic carbocycles. The van der Waals surface area contributed by atoms with E-state index in [4.69, 9.17) is 4.74 Å². The molecule has 22 heavy (non-hydrogen) atoms. The van der Waals surface area contributed by atoms with Crippen LogP contribution in [0.5, 0.6) is 0 Å². The Labute approximate surface area is 130 Å². The average Bonchev–Trinajstić information content (AvgIpc) is 2.47. The van der Waals surface area contributed by atoms with Crippen LogP contribution in [0.15, 0.2) is 18.3 Å². The number of nitrogens with zero attached hydrogens (tertiary/aromatic N) is 1. The minimum Gasteiger partial charge on any atom is -0.480 e. The number of pyridine rings is 1. The molecule has 1 amide bonds. The largest absolute Gasteiger partial charge is 0.480 e. The molecule has 1 aromatic heterocycles. The van der Waals surface area contributed by atoms with E-state index < -0.39 is 12.0 Å². The van der Waals surface area contributed by atoms with Gasteiger partial charge in [0.15, 0.2) is 0 Å². The Morgan fingerprint density at radius 2 is 2.09 bits per heavy atom. The molecule has 1 rings (SSSR count). The number of rotatable bonds is 9. The van der Waals surface area contributed by atoms with Gasteiger partial charge in [0.2, 0.25) is 0 Å². The highest BCUT2D eigenvalue weighted by molar-refractivity contribution is 5.94. The molecule has 0 spiro atoms. The number of aromatic nitrogens is 1. The van der Waals surface area contributed by atoms with Gasteiger partial charge in [-0.25, -0.2) is 9.78 Å². The Kier molecular flexibility index (Phi) is 7.31. The van der Waals surface area contributed by atoms with Crippen LogP contribution in [0.4, 0.5) is 5.82 Å². The van der Waals surface area contributed by atoms with E-state index in [-0.39, 0.29) is 11.8 Å². The fourth-order valence-corrected chi connectivity index (χ4v) is 1.85. The normalized spacial score (nSPS) is 12.0. The van der Waals surface area contributed by atoms with Crippen LogP contribution in [0.1, 0.15) is 30.6 Å². The number of nitrogens with one attached hydrogen (secondary N) is 2. The number of carbonyl (C=O) groups excluding carboxylic acids is 1. The summed E-state index contributed by atoms with van der Waals surface area (Å²) < 4.78 is 4.85. The maximum absolute atomic E-state index is 11.8. The zero-order valence-electron chi connectivity index (χ0n) is 13.1. The van der Waals surface area contributed by atoms with Crippen molar-refractivity contribution in [3.05, 3.63) is 23.9 Å². The zero-order chi connectivity index (χ0) is 16.5. The molecule has 1 aromatic rings. The van der Waals surface area contributed by atoms with Crippen LogP contribution >= 0.6 is 0 Å². The van der Waals surface area contributed by atoms with Crippen LogP contribution in [0.3, 0.4) is 0 Å². The van der Waals surface area contributed by atoms with Crippen molar-refractivity contribution < 1.29 is 19.4 Å². The number of anilines is 1. The van der Waals surface area contributed by atoms with E-state index in [1.54, 1.807) is 19.2 Å². The predicted molar refractivity (Wildman–Crippen MR) is 82.9 cm³/mol. The predicted octanol–water partition coefficient (Wildman–Crippen LogP) is 1.37. The number of hydrogen-bond donors (Lipinski definition) is 3. The fourth-order valence-electron chi connectivity index (χ4n) is 1.85. The lowest BCUT2D eigenvalue weighted by atomic mass is 10.0. The van der Waals surface area contributed by atoms with Crippen molar-refractivity contribution in [1.29, 1.82) is 0 Å². The molecule has 0 aromatic carbocycles. The molecule has 0 fully saturated rings. The summed E-state index contributed by atoms with van der Waals surface area (Å²) in [5, 5.41) is 14.7. The van der Waals surface area contributed by atoms with Crippen LogP contribution < -0.4 is 10.6 Å².